The van der Waals surface area contributed by atoms with E-state index in [1.165, 1.54) is 22.3 Å². The fourth-order valence-corrected chi connectivity index (χ4v) is 4.55. The Morgan fingerprint density at radius 1 is 0.789 bits per heavy atom. The van der Waals surface area contributed by atoms with E-state index in [0.717, 1.165) is 64.2 Å². The van der Waals surface area contributed by atoms with Crippen LogP contribution in [0.1, 0.15) is 120 Å². The second-order valence-electron chi connectivity index (χ2n) is 12.4. The van der Waals surface area contributed by atoms with Crippen LogP contribution in [0.2, 0.25) is 0 Å². The fourth-order valence-electron chi connectivity index (χ4n) is 4.55. The minimum Gasteiger partial charge on any atom is -0.465 e. The number of allylic oxidation sites excluding steroid dienone is 8. The second-order valence-corrected chi connectivity index (χ2v) is 12.4. The molecule has 38 heavy (non-hydrogen) atoms. The Morgan fingerprint density at radius 2 is 1.32 bits per heavy atom. The summed E-state index contributed by atoms with van der Waals surface area (Å²) in [5.41, 5.74) is 5.68. The molecular formula is C34H56O4. The minimum atomic E-state index is -0.00621. The van der Waals surface area contributed by atoms with Gasteiger partial charge >= 0.3 is 11.9 Å². The van der Waals surface area contributed by atoms with E-state index in [4.69, 9.17) is 9.47 Å². The molecule has 0 heterocycles. The van der Waals surface area contributed by atoms with Gasteiger partial charge in [-0.2, -0.15) is 0 Å². The van der Waals surface area contributed by atoms with Crippen molar-refractivity contribution in [2.45, 2.75) is 120 Å². The first-order valence-corrected chi connectivity index (χ1v) is 14.9. The Labute approximate surface area is 234 Å². The Balaban J connectivity index is 0.000000380. The van der Waals surface area contributed by atoms with Crippen LogP contribution in [-0.4, -0.2) is 25.2 Å². The fraction of sp³-hybridized carbons (Fsp3) is 0.706. The van der Waals surface area contributed by atoms with Crippen molar-refractivity contribution in [2.75, 3.05) is 13.2 Å². The number of carbonyl (C=O) groups excluding carboxylic acids is 2. The van der Waals surface area contributed by atoms with Gasteiger partial charge in [0.05, 0.1) is 25.0 Å². The van der Waals surface area contributed by atoms with Crippen molar-refractivity contribution in [1.82, 2.24) is 0 Å². The van der Waals surface area contributed by atoms with E-state index in [0.29, 0.717) is 25.0 Å². The first-order valence-electron chi connectivity index (χ1n) is 14.9. The monoisotopic (exact) mass is 528 g/mol. The Hall–Kier alpha value is -2.10. The third kappa shape index (κ3) is 16.0. The van der Waals surface area contributed by atoms with Crippen LogP contribution in [0.15, 0.2) is 46.6 Å². The predicted molar refractivity (Wildman–Crippen MR) is 160 cm³/mol. The molecule has 216 valence electrons. The molecule has 0 saturated carbocycles. The van der Waals surface area contributed by atoms with Gasteiger partial charge in [0.1, 0.15) is 0 Å². The van der Waals surface area contributed by atoms with Gasteiger partial charge in [0.2, 0.25) is 0 Å². The highest BCUT2D eigenvalue weighted by Gasteiger charge is 2.24. The molecular weight excluding hydrogens is 472 g/mol. The smallest absolute Gasteiger partial charge is 0.309 e. The molecule has 0 saturated heterocycles. The van der Waals surface area contributed by atoms with Gasteiger partial charge in [-0.1, -0.05) is 74.3 Å². The van der Waals surface area contributed by atoms with Crippen molar-refractivity contribution in [1.29, 1.82) is 0 Å². The van der Waals surface area contributed by atoms with Crippen LogP contribution >= 0.6 is 0 Å². The van der Waals surface area contributed by atoms with Crippen LogP contribution in [0.3, 0.4) is 0 Å². The highest BCUT2D eigenvalue weighted by Crippen LogP contribution is 2.29. The summed E-state index contributed by atoms with van der Waals surface area (Å²) in [5, 5.41) is 0. The van der Waals surface area contributed by atoms with Crippen LogP contribution in [0.25, 0.3) is 0 Å². The van der Waals surface area contributed by atoms with Gasteiger partial charge in [0.25, 0.3) is 0 Å². The molecule has 0 aromatic rings. The number of rotatable bonds is 12. The molecule has 0 spiro atoms. The zero-order valence-electron chi connectivity index (χ0n) is 25.7. The highest BCUT2D eigenvalue weighted by molar-refractivity contribution is 5.73. The van der Waals surface area contributed by atoms with Crippen LogP contribution in [0, 0.1) is 23.7 Å². The first-order chi connectivity index (χ1) is 18.0. The average Bonchev–Trinajstić information content (AvgIpc) is 2.86. The van der Waals surface area contributed by atoms with Crippen molar-refractivity contribution in [3.8, 4) is 0 Å². The lowest BCUT2D eigenvalue weighted by Crippen LogP contribution is -2.22. The molecule has 2 atom stereocenters. The van der Waals surface area contributed by atoms with Crippen LogP contribution in [0.5, 0.6) is 0 Å². The van der Waals surface area contributed by atoms with Crippen LogP contribution < -0.4 is 0 Å². The Kier molecular flexibility index (Phi) is 17.0. The molecule has 0 N–H and O–H groups in total. The van der Waals surface area contributed by atoms with E-state index in [-0.39, 0.29) is 23.8 Å². The van der Waals surface area contributed by atoms with E-state index < -0.39 is 0 Å². The van der Waals surface area contributed by atoms with E-state index in [1.54, 1.807) is 0 Å². The maximum Gasteiger partial charge on any atom is 0.309 e. The third-order valence-electron chi connectivity index (χ3n) is 6.78. The maximum atomic E-state index is 12.0. The second kappa shape index (κ2) is 19.0. The quantitative estimate of drug-likeness (QED) is 0.187. The summed E-state index contributed by atoms with van der Waals surface area (Å²) in [7, 11) is 0. The number of carbonyl (C=O) groups is 2. The predicted octanol–water partition coefficient (Wildman–Crippen LogP) is 9.32. The Bertz CT molecular complexity index is 833. The summed E-state index contributed by atoms with van der Waals surface area (Å²) >= 11 is 0. The molecule has 0 radical (unpaired) electrons. The molecule has 4 nitrogen and oxygen atoms in total. The molecule has 0 fully saturated rings. The number of ether oxygens (including phenoxy) is 2. The van der Waals surface area contributed by atoms with E-state index in [2.05, 4.69) is 79.7 Å². The Morgan fingerprint density at radius 3 is 1.79 bits per heavy atom. The zero-order valence-corrected chi connectivity index (χ0v) is 25.7. The summed E-state index contributed by atoms with van der Waals surface area (Å²) in [6.45, 7) is 17.9. The lowest BCUT2D eigenvalue weighted by molar-refractivity contribution is -0.150. The molecule has 0 aliphatic heterocycles. The van der Waals surface area contributed by atoms with Gasteiger partial charge in [0.15, 0.2) is 0 Å². The molecule has 0 aromatic heterocycles. The number of hydrogen-bond acceptors (Lipinski definition) is 4. The summed E-state index contributed by atoms with van der Waals surface area (Å²) in [6, 6.07) is 0. The van der Waals surface area contributed by atoms with Crippen molar-refractivity contribution in [2.24, 2.45) is 23.7 Å². The lowest BCUT2D eigenvalue weighted by Gasteiger charge is -2.21. The highest BCUT2D eigenvalue weighted by atomic mass is 16.5. The molecule has 2 aliphatic rings. The van der Waals surface area contributed by atoms with Gasteiger partial charge in [-0.15, -0.1) is 0 Å². The van der Waals surface area contributed by atoms with Crippen molar-refractivity contribution >= 4 is 11.9 Å². The standard InChI is InChI=1S/2C17H28O2/c1-13(2)7-5-8-15-9-6-10-16(11-15)17(18)19-12-14(3)4;1-13(2)6-5-7-15-8-10-16(11-9-15)17(18)19-12-14(3)4/h7,9,14,16H,5-6,8,10-12H2,1-4H3;6,8,14,16H,5,7,9-12H2,1-4H3. The van der Waals surface area contributed by atoms with Crippen molar-refractivity contribution in [3.05, 3.63) is 46.6 Å². The third-order valence-corrected chi connectivity index (χ3v) is 6.78. The summed E-state index contributed by atoms with van der Waals surface area (Å²) in [5.74, 6) is 1.01. The average molecular weight is 529 g/mol. The van der Waals surface area contributed by atoms with E-state index in [9.17, 15) is 9.59 Å². The lowest BCUT2D eigenvalue weighted by atomic mass is 9.87. The van der Waals surface area contributed by atoms with Gasteiger partial charge < -0.3 is 9.47 Å². The molecule has 0 bridgehead atoms. The first kappa shape index (κ1) is 33.9. The molecule has 4 heteroatoms. The summed E-state index contributed by atoms with van der Waals surface area (Å²) < 4.78 is 10.7. The topological polar surface area (TPSA) is 52.6 Å². The summed E-state index contributed by atoms with van der Waals surface area (Å²) in [6.07, 6.45) is 19.3. The molecule has 2 aliphatic carbocycles. The van der Waals surface area contributed by atoms with Crippen molar-refractivity contribution < 1.29 is 19.1 Å². The normalized spacial score (nSPS) is 19.0. The molecule has 2 rings (SSSR count). The largest absolute Gasteiger partial charge is 0.465 e. The van der Waals surface area contributed by atoms with Crippen molar-refractivity contribution in [3.63, 3.8) is 0 Å². The van der Waals surface area contributed by atoms with Gasteiger partial charge in [0, 0.05) is 0 Å². The molecule has 0 aromatic carbocycles. The van der Waals surface area contributed by atoms with E-state index in [1.807, 2.05) is 0 Å². The van der Waals surface area contributed by atoms with Gasteiger partial charge in [-0.05, 0) is 104 Å². The zero-order chi connectivity index (χ0) is 28.5. The minimum absolute atomic E-state index is 0.00140. The molecule has 0 amide bonds. The summed E-state index contributed by atoms with van der Waals surface area (Å²) in [4.78, 5) is 23.8. The maximum absolute atomic E-state index is 12.0. The van der Waals surface area contributed by atoms with Crippen LogP contribution in [0.4, 0.5) is 0 Å². The van der Waals surface area contributed by atoms with Crippen LogP contribution in [-0.2, 0) is 19.1 Å². The molecule has 2 unspecified atom stereocenters. The van der Waals surface area contributed by atoms with Gasteiger partial charge in [-0.25, -0.2) is 0 Å². The SMILES string of the molecule is CC(C)=CCCC1=CCC(C(=O)OCC(C)C)CC1.CC(C)=CCCC1=CCCC(C(=O)OCC(C)C)C1. The van der Waals surface area contributed by atoms with Gasteiger partial charge in [-0.3, -0.25) is 9.59 Å². The number of hydrogen-bond donors (Lipinski definition) is 0. The number of esters is 2. The van der Waals surface area contributed by atoms with E-state index >= 15 is 0 Å².